The molecule has 1 saturated heterocycles. The molecule has 4 rings (SSSR count). The lowest BCUT2D eigenvalue weighted by Gasteiger charge is -2.12. The van der Waals surface area contributed by atoms with E-state index in [0.717, 1.165) is 17.3 Å². The molecule has 9 nitrogen and oxygen atoms in total. The summed E-state index contributed by atoms with van der Waals surface area (Å²) in [5.41, 5.74) is 1.52. The van der Waals surface area contributed by atoms with Crippen LogP contribution in [0, 0.1) is 16.0 Å². The fourth-order valence-electron chi connectivity index (χ4n) is 3.31. The number of benzene rings is 2. The first kappa shape index (κ1) is 21.3. The van der Waals surface area contributed by atoms with Gasteiger partial charge >= 0.3 is 5.97 Å². The molecule has 2 aromatic carbocycles. The summed E-state index contributed by atoms with van der Waals surface area (Å²) in [5.74, 6) is -2.19. The zero-order chi connectivity index (χ0) is 22.7. The number of carbonyl (C=O) groups is 3. The number of rotatable bonds is 7. The van der Waals surface area contributed by atoms with E-state index in [0.29, 0.717) is 5.13 Å². The molecule has 0 bridgehead atoms. The van der Waals surface area contributed by atoms with Crippen molar-refractivity contribution in [2.45, 2.75) is 6.42 Å². The Kier molecular flexibility index (Phi) is 6.04. The first-order valence-corrected chi connectivity index (χ1v) is 10.6. The van der Waals surface area contributed by atoms with Crippen molar-refractivity contribution in [2.75, 3.05) is 18.1 Å². The zero-order valence-electron chi connectivity index (χ0n) is 16.7. The molecule has 32 heavy (non-hydrogen) atoms. The lowest BCUT2D eigenvalue weighted by molar-refractivity contribution is -0.384. The molecule has 1 aliphatic heterocycles. The fraction of sp³-hybridized carbons (Fsp3) is 0.182. The van der Waals surface area contributed by atoms with Crippen molar-refractivity contribution in [1.29, 1.82) is 0 Å². The predicted octanol–water partition coefficient (Wildman–Crippen LogP) is 3.50. The largest absolute Gasteiger partial charge is 0.457 e. The molecular formula is C22H17N3O6S. The molecular weight excluding hydrogens is 434 g/mol. The third-order valence-electron chi connectivity index (χ3n) is 4.98. The van der Waals surface area contributed by atoms with E-state index in [2.05, 4.69) is 4.98 Å². The number of ether oxygens (including phenoxy) is 1. The Hall–Kier alpha value is -3.92. The Labute approximate surface area is 186 Å². The molecule has 1 amide bonds. The molecule has 1 fully saturated rings. The van der Waals surface area contributed by atoms with Crippen LogP contribution in [0.3, 0.4) is 0 Å². The minimum absolute atomic E-state index is 0.0376. The predicted molar refractivity (Wildman–Crippen MR) is 116 cm³/mol. The maximum Gasteiger partial charge on any atom is 0.311 e. The zero-order valence-corrected chi connectivity index (χ0v) is 17.5. The van der Waals surface area contributed by atoms with Crippen molar-refractivity contribution in [3.05, 3.63) is 75.7 Å². The summed E-state index contributed by atoms with van der Waals surface area (Å²) in [7, 11) is 0. The number of amides is 1. The smallest absolute Gasteiger partial charge is 0.311 e. The molecule has 3 aromatic rings. The van der Waals surface area contributed by atoms with Crippen LogP contribution in [0.2, 0.25) is 0 Å². The van der Waals surface area contributed by atoms with Crippen LogP contribution in [0.15, 0.2) is 60.0 Å². The van der Waals surface area contributed by atoms with Crippen molar-refractivity contribution in [1.82, 2.24) is 4.98 Å². The number of esters is 1. The highest BCUT2D eigenvalue weighted by molar-refractivity contribution is 7.14. The van der Waals surface area contributed by atoms with Gasteiger partial charge in [-0.15, -0.1) is 11.3 Å². The molecule has 162 valence electrons. The number of nitrogens with zero attached hydrogens (tertiary/aromatic N) is 3. The summed E-state index contributed by atoms with van der Waals surface area (Å²) in [5, 5.41) is 13.2. The van der Waals surface area contributed by atoms with Gasteiger partial charge in [0, 0.05) is 41.6 Å². The Morgan fingerprint density at radius 1 is 1.19 bits per heavy atom. The monoisotopic (exact) mass is 451 g/mol. The van der Waals surface area contributed by atoms with Crippen LogP contribution < -0.4 is 4.90 Å². The molecule has 1 atom stereocenters. The van der Waals surface area contributed by atoms with E-state index >= 15 is 0 Å². The molecule has 10 heteroatoms. The number of ketones is 1. The van der Waals surface area contributed by atoms with E-state index in [4.69, 9.17) is 4.74 Å². The second-order valence-corrected chi connectivity index (χ2v) is 7.96. The van der Waals surface area contributed by atoms with Crippen molar-refractivity contribution >= 4 is 39.8 Å². The fourth-order valence-corrected chi connectivity index (χ4v) is 4.17. The Morgan fingerprint density at radius 3 is 2.72 bits per heavy atom. The van der Waals surface area contributed by atoms with E-state index in [-0.39, 0.29) is 30.1 Å². The van der Waals surface area contributed by atoms with Crippen LogP contribution in [-0.4, -0.2) is 40.7 Å². The van der Waals surface area contributed by atoms with Gasteiger partial charge in [-0.25, -0.2) is 4.98 Å². The van der Waals surface area contributed by atoms with Gasteiger partial charge in [-0.05, 0) is 0 Å². The third kappa shape index (κ3) is 4.54. The number of hydrogen-bond donors (Lipinski definition) is 0. The maximum absolute atomic E-state index is 12.5. The normalized spacial score (nSPS) is 15.6. The Morgan fingerprint density at radius 2 is 1.97 bits per heavy atom. The Balaban J connectivity index is 1.36. The summed E-state index contributed by atoms with van der Waals surface area (Å²) < 4.78 is 5.10. The molecule has 0 saturated carbocycles. The lowest BCUT2D eigenvalue weighted by Crippen LogP contribution is -2.27. The average Bonchev–Trinajstić information content (AvgIpc) is 3.44. The summed E-state index contributed by atoms with van der Waals surface area (Å²) in [6.07, 6.45) is -0.0376. The van der Waals surface area contributed by atoms with Crippen molar-refractivity contribution in [3.8, 4) is 11.3 Å². The van der Waals surface area contributed by atoms with Crippen molar-refractivity contribution in [3.63, 3.8) is 0 Å². The van der Waals surface area contributed by atoms with Crippen LogP contribution in [-0.2, 0) is 14.3 Å². The highest BCUT2D eigenvalue weighted by Gasteiger charge is 2.37. The maximum atomic E-state index is 12.5. The van der Waals surface area contributed by atoms with Crippen LogP contribution >= 0.6 is 11.3 Å². The lowest BCUT2D eigenvalue weighted by atomic mass is 10.1. The van der Waals surface area contributed by atoms with E-state index < -0.39 is 29.2 Å². The average molecular weight is 451 g/mol. The Bertz CT molecular complexity index is 1190. The highest BCUT2D eigenvalue weighted by Crippen LogP contribution is 2.32. The molecule has 1 aromatic heterocycles. The second-order valence-electron chi connectivity index (χ2n) is 7.13. The number of nitro groups is 1. The number of Topliss-reactive ketones (excluding diaryl/α,β-unsaturated/α-hetero) is 1. The molecule has 0 unspecified atom stereocenters. The van der Waals surface area contributed by atoms with Gasteiger partial charge in [-0.3, -0.25) is 29.4 Å². The van der Waals surface area contributed by atoms with Crippen LogP contribution in [0.4, 0.5) is 10.8 Å². The summed E-state index contributed by atoms with van der Waals surface area (Å²) in [4.78, 5) is 53.3. The van der Waals surface area contributed by atoms with E-state index in [9.17, 15) is 24.5 Å². The van der Waals surface area contributed by atoms with Crippen LogP contribution in [0.1, 0.15) is 16.8 Å². The number of nitro benzene ring substituents is 1. The molecule has 0 aliphatic carbocycles. The number of aromatic nitrogens is 1. The number of carbonyl (C=O) groups excluding carboxylic acids is 3. The van der Waals surface area contributed by atoms with Gasteiger partial charge in [0.05, 0.1) is 16.5 Å². The summed E-state index contributed by atoms with van der Waals surface area (Å²) in [6.45, 7) is -0.440. The van der Waals surface area contributed by atoms with Gasteiger partial charge in [-0.2, -0.15) is 0 Å². The van der Waals surface area contributed by atoms with Crippen LogP contribution in [0.5, 0.6) is 0 Å². The molecule has 2 heterocycles. The van der Waals surface area contributed by atoms with E-state index in [1.54, 1.807) is 0 Å². The van der Waals surface area contributed by atoms with Gasteiger partial charge in [0.25, 0.3) is 5.69 Å². The third-order valence-corrected chi connectivity index (χ3v) is 5.84. The van der Waals surface area contributed by atoms with Crippen molar-refractivity contribution in [2.24, 2.45) is 5.92 Å². The molecule has 1 aliphatic rings. The second kappa shape index (κ2) is 9.06. The summed E-state index contributed by atoms with van der Waals surface area (Å²) in [6, 6.07) is 14.7. The van der Waals surface area contributed by atoms with Gasteiger partial charge in [0.15, 0.2) is 11.7 Å². The quantitative estimate of drug-likeness (QED) is 0.233. The van der Waals surface area contributed by atoms with Gasteiger partial charge < -0.3 is 4.74 Å². The number of hydrogen-bond acceptors (Lipinski definition) is 8. The first-order chi connectivity index (χ1) is 15.4. The summed E-state index contributed by atoms with van der Waals surface area (Å²) >= 11 is 1.31. The molecule has 0 spiro atoms. The number of anilines is 1. The molecule has 0 N–H and O–H groups in total. The SMILES string of the molecule is O=C(COC(=O)[C@@H]1CC(=O)N(c2nc(-c3ccccc3)cs2)C1)c1cccc([N+](=O)[O-])c1. The standard InChI is InChI=1S/C22H17N3O6S/c26-19(15-7-4-8-17(9-15)25(29)30)12-31-21(28)16-10-20(27)24(11-16)22-23-18(13-32-22)14-5-2-1-3-6-14/h1-9,13,16H,10-12H2/t16-/m1/s1. The molecule has 0 radical (unpaired) electrons. The minimum atomic E-state index is -0.718. The van der Waals surface area contributed by atoms with Gasteiger partial charge in [0.2, 0.25) is 11.7 Å². The van der Waals surface area contributed by atoms with Gasteiger partial charge in [-0.1, -0.05) is 42.5 Å². The van der Waals surface area contributed by atoms with Gasteiger partial charge in [0.1, 0.15) is 0 Å². The van der Waals surface area contributed by atoms with Crippen molar-refractivity contribution < 1.29 is 24.0 Å². The minimum Gasteiger partial charge on any atom is -0.457 e. The van der Waals surface area contributed by atoms with E-state index in [1.165, 1.54) is 34.4 Å². The van der Waals surface area contributed by atoms with Crippen LogP contribution in [0.25, 0.3) is 11.3 Å². The first-order valence-electron chi connectivity index (χ1n) is 9.68. The number of non-ortho nitro benzene ring substituents is 1. The number of thiazole rings is 1. The topological polar surface area (TPSA) is 120 Å². The highest BCUT2D eigenvalue weighted by atomic mass is 32.1. The van der Waals surface area contributed by atoms with E-state index in [1.807, 2.05) is 35.7 Å².